The highest BCUT2D eigenvalue weighted by atomic mass is 16.5. The molecule has 1 aliphatic heterocycles. The number of ether oxygens (including phenoxy) is 1. The first-order chi connectivity index (χ1) is 7.49. The van der Waals surface area contributed by atoms with Gasteiger partial charge < -0.3 is 10.1 Å². The monoisotopic (exact) mass is 225 g/mol. The molecule has 1 unspecified atom stereocenters. The minimum Gasteiger partial charge on any atom is -0.369 e. The van der Waals surface area contributed by atoms with Gasteiger partial charge in [-0.3, -0.25) is 0 Å². The van der Waals surface area contributed by atoms with Crippen LogP contribution in [0.5, 0.6) is 0 Å². The lowest BCUT2D eigenvalue weighted by Crippen LogP contribution is -2.55. The lowest BCUT2D eigenvalue weighted by atomic mass is 9.82. The normalized spacial score (nSPS) is 30.6. The van der Waals surface area contributed by atoms with Gasteiger partial charge in [0, 0.05) is 13.1 Å². The molecule has 1 N–H and O–H groups in total. The first-order valence-electron chi connectivity index (χ1n) is 6.88. The predicted octanol–water partition coefficient (Wildman–Crippen LogP) is 3.11. The molecule has 2 aliphatic rings. The van der Waals surface area contributed by atoms with E-state index in [-0.39, 0.29) is 5.60 Å². The largest absolute Gasteiger partial charge is 0.369 e. The van der Waals surface area contributed by atoms with E-state index in [0.717, 1.165) is 13.1 Å². The topological polar surface area (TPSA) is 21.3 Å². The van der Waals surface area contributed by atoms with Crippen LogP contribution in [0.4, 0.5) is 0 Å². The van der Waals surface area contributed by atoms with Crippen molar-refractivity contribution in [1.82, 2.24) is 5.32 Å². The number of nitrogens with one attached hydrogen (secondary N) is 1. The van der Waals surface area contributed by atoms with E-state index in [4.69, 9.17) is 4.74 Å². The van der Waals surface area contributed by atoms with Gasteiger partial charge in [0.05, 0.1) is 11.7 Å². The van der Waals surface area contributed by atoms with E-state index in [0.29, 0.717) is 11.5 Å². The second kappa shape index (κ2) is 4.66. The minimum absolute atomic E-state index is 0.187. The highest BCUT2D eigenvalue weighted by Crippen LogP contribution is 2.36. The minimum atomic E-state index is 0.187. The predicted molar refractivity (Wildman–Crippen MR) is 67.6 cm³/mol. The van der Waals surface area contributed by atoms with Gasteiger partial charge in [-0.15, -0.1) is 0 Å². The molecule has 0 amide bonds. The molecule has 0 radical (unpaired) electrons. The highest BCUT2D eigenvalue weighted by Gasteiger charge is 2.38. The van der Waals surface area contributed by atoms with Crippen LogP contribution >= 0.6 is 0 Å². The van der Waals surface area contributed by atoms with Gasteiger partial charge in [-0.05, 0) is 24.7 Å². The van der Waals surface area contributed by atoms with E-state index >= 15 is 0 Å². The van der Waals surface area contributed by atoms with Gasteiger partial charge in [0.2, 0.25) is 0 Å². The summed E-state index contributed by atoms with van der Waals surface area (Å²) in [6, 6.07) is 0. The van der Waals surface area contributed by atoms with E-state index in [1.807, 2.05) is 0 Å². The van der Waals surface area contributed by atoms with Gasteiger partial charge in [-0.25, -0.2) is 0 Å². The van der Waals surface area contributed by atoms with Crippen molar-refractivity contribution in [1.29, 1.82) is 0 Å². The number of rotatable bonds is 1. The van der Waals surface area contributed by atoms with Crippen LogP contribution in [-0.4, -0.2) is 24.8 Å². The van der Waals surface area contributed by atoms with Crippen molar-refractivity contribution < 1.29 is 4.74 Å². The Balaban J connectivity index is 1.92. The Bertz CT molecular complexity index is 220. The maximum atomic E-state index is 6.43. The fraction of sp³-hybridized carbons (Fsp3) is 1.00. The fourth-order valence-electron chi connectivity index (χ4n) is 3.19. The Morgan fingerprint density at radius 1 is 1.19 bits per heavy atom. The van der Waals surface area contributed by atoms with Gasteiger partial charge >= 0.3 is 0 Å². The van der Waals surface area contributed by atoms with E-state index in [9.17, 15) is 0 Å². The molecule has 1 atom stereocenters. The van der Waals surface area contributed by atoms with Crippen LogP contribution in [0.3, 0.4) is 0 Å². The summed E-state index contributed by atoms with van der Waals surface area (Å²) in [6.07, 6.45) is 8.22. The zero-order valence-electron chi connectivity index (χ0n) is 11.1. The molecule has 2 rings (SSSR count). The van der Waals surface area contributed by atoms with Crippen molar-refractivity contribution in [2.45, 2.75) is 71.0 Å². The Hall–Kier alpha value is -0.0800. The first kappa shape index (κ1) is 12.4. The van der Waals surface area contributed by atoms with Crippen LogP contribution in [0.2, 0.25) is 0 Å². The summed E-state index contributed by atoms with van der Waals surface area (Å²) in [7, 11) is 0. The van der Waals surface area contributed by atoms with Gasteiger partial charge in [0.15, 0.2) is 0 Å². The molecule has 2 nitrogen and oxygen atoms in total. The zero-order valence-corrected chi connectivity index (χ0v) is 11.1. The Morgan fingerprint density at radius 3 is 2.50 bits per heavy atom. The smallest absolute Gasteiger partial charge is 0.0810 e. The van der Waals surface area contributed by atoms with Crippen LogP contribution < -0.4 is 5.32 Å². The van der Waals surface area contributed by atoms with Gasteiger partial charge in [0.25, 0.3) is 0 Å². The summed E-state index contributed by atoms with van der Waals surface area (Å²) in [4.78, 5) is 0. The van der Waals surface area contributed by atoms with E-state index in [1.54, 1.807) is 0 Å². The molecule has 0 aromatic carbocycles. The van der Waals surface area contributed by atoms with Crippen LogP contribution in [0.25, 0.3) is 0 Å². The number of morpholine rings is 1. The Kier molecular flexibility index (Phi) is 3.60. The molecule has 1 saturated heterocycles. The molecule has 94 valence electrons. The first-order valence-corrected chi connectivity index (χ1v) is 6.88. The van der Waals surface area contributed by atoms with Gasteiger partial charge in [0.1, 0.15) is 0 Å². The third kappa shape index (κ3) is 3.21. The Morgan fingerprint density at radius 2 is 1.88 bits per heavy atom. The second-order valence-electron chi connectivity index (χ2n) is 6.88. The summed E-state index contributed by atoms with van der Waals surface area (Å²) < 4.78 is 6.43. The van der Waals surface area contributed by atoms with E-state index in [2.05, 4.69) is 26.1 Å². The molecule has 2 fully saturated rings. The van der Waals surface area contributed by atoms with Gasteiger partial charge in [-0.2, -0.15) is 0 Å². The van der Waals surface area contributed by atoms with Crippen molar-refractivity contribution in [3.8, 4) is 0 Å². The third-order valence-corrected chi connectivity index (χ3v) is 3.84. The maximum Gasteiger partial charge on any atom is 0.0810 e. The average Bonchev–Trinajstić information content (AvgIpc) is 2.16. The van der Waals surface area contributed by atoms with Crippen molar-refractivity contribution in [2.24, 2.45) is 5.41 Å². The molecule has 16 heavy (non-hydrogen) atoms. The molecule has 1 aliphatic carbocycles. The molecule has 1 heterocycles. The van der Waals surface area contributed by atoms with Crippen LogP contribution in [0, 0.1) is 5.41 Å². The molecule has 1 spiro atoms. The molecule has 0 bridgehead atoms. The summed E-state index contributed by atoms with van der Waals surface area (Å²) in [5, 5.41) is 3.59. The molecule has 0 aromatic heterocycles. The standard InChI is InChI=1S/C14H27NO/c1-13(2,3)9-12-10-15-11-14(16-12)7-5-4-6-8-14/h12,15H,4-11H2,1-3H3. The number of hydrogen-bond donors (Lipinski definition) is 1. The molecule has 1 saturated carbocycles. The van der Waals surface area contributed by atoms with Crippen molar-refractivity contribution in [3.05, 3.63) is 0 Å². The molecule has 2 heteroatoms. The highest BCUT2D eigenvalue weighted by molar-refractivity contribution is 4.92. The van der Waals surface area contributed by atoms with Crippen LogP contribution in [0.1, 0.15) is 59.3 Å². The van der Waals surface area contributed by atoms with Crippen LogP contribution in [-0.2, 0) is 4.74 Å². The third-order valence-electron chi connectivity index (χ3n) is 3.84. The van der Waals surface area contributed by atoms with Crippen molar-refractivity contribution in [2.75, 3.05) is 13.1 Å². The lowest BCUT2D eigenvalue weighted by molar-refractivity contribution is -0.142. The van der Waals surface area contributed by atoms with E-state index in [1.165, 1.54) is 38.5 Å². The van der Waals surface area contributed by atoms with Crippen molar-refractivity contribution in [3.63, 3.8) is 0 Å². The van der Waals surface area contributed by atoms with E-state index < -0.39 is 0 Å². The zero-order chi connectivity index (χ0) is 11.6. The maximum absolute atomic E-state index is 6.43. The molecular formula is C14H27NO. The van der Waals surface area contributed by atoms with Crippen LogP contribution in [0.15, 0.2) is 0 Å². The summed E-state index contributed by atoms with van der Waals surface area (Å²) in [5.41, 5.74) is 0.561. The second-order valence-corrected chi connectivity index (χ2v) is 6.88. The summed E-state index contributed by atoms with van der Waals surface area (Å²) in [6.45, 7) is 9.03. The fourth-order valence-corrected chi connectivity index (χ4v) is 3.19. The summed E-state index contributed by atoms with van der Waals surface area (Å²) in [5.74, 6) is 0. The Labute approximate surface area is 100 Å². The SMILES string of the molecule is CC(C)(C)CC1CNCC2(CCCCC2)O1. The quantitative estimate of drug-likeness (QED) is 0.740. The van der Waals surface area contributed by atoms with Gasteiger partial charge in [-0.1, -0.05) is 40.0 Å². The summed E-state index contributed by atoms with van der Waals surface area (Å²) >= 11 is 0. The van der Waals surface area contributed by atoms with Crippen molar-refractivity contribution >= 4 is 0 Å². The lowest BCUT2D eigenvalue weighted by Gasteiger charge is -2.45. The molecular weight excluding hydrogens is 198 g/mol. The average molecular weight is 225 g/mol. The molecule has 0 aromatic rings. The number of hydrogen-bond acceptors (Lipinski definition) is 2.